The van der Waals surface area contributed by atoms with Crippen LogP contribution in [0.2, 0.25) is 0 Å². The molecular weight excluding hydrogens is 196 g/mol. The van der Waals surface area contributed by atoms with Crippen LogP contribution in [0.15, 0.2) is 30.3 Å². The van der Waals surface area contributed by atoms with Gasteiger partial charge in [0.05, 0.1) is 19.1 Å². The Hall–Kier alpha value is -1.39. The van der Waals surface area contributed by atoms with E-state index in [0.29, 0.717) is 6.61 Å². The van der Waals surface area contributed by atoms with Crippen LogP contribution in [0.5, 0.6) is 0 Å². The molecule has 1 N–H and O–H groups in total. The molecule has 0 unspecified atom stereocenters. The van der Waals surface area contributed by atoms with Crippen LogP contribution in [-0.2, 0) is 14.3 Å². The molecule has 1 saturated heterocycles. The van der Waals surface area contributed by atoms with Crippen LogP contribution in [0, 0.1) is 0 Å². The number of rotatable bonds is 3. The lowest BCUT2D eigenvalue weighted by atomic mass is 10.2. The molecule has 0 radical (unpaired) electrons. The molecule has 80 valence electrons. The third kappa shape index (κ3) is 2.55. The smallest absolute Gasteiger partial charge is 0.306 e. The van der Waals surface area contributed by atoms with E-state index < -0.39 is 12.3 Å². The van der Waals surface area contributed by atoms with E-state index in [1.54, 1.807) is 0 Å². The molecule has 15 heavy (non-hydrogen) atoms. The van der Waals surface area contributed by atoms with Gasteiger partial charge in [0.15, 0.2) is 6.29 Å². The molecule has 1 heterocycles. The second-order valence-corrected chi connectivity index (χ2v) is 3.43. The predicted octanol–water partition coefficient (Wildman–Crippen LogP) is 1.58. The van der Waals surface area contributed by atoms with E-state index in [1.165, 1.54) is 0 Å². The lowest BCUT2D eigenvalue weighted by Gasteiger charge is -2.10. The van der Waals surface area contributed by atoms with Gasteiger partial charge in [-0.05, 0) is 0 Å². The third-order valence-corrected chi connectivity index (χ3v) is 2.22. The number of hydrogen-bond donors (Lipinski definition) is 1. The molecule has 4 heteroatoms. The molecule has 2 rings (SSSR count). The van der Waals surface area contributed by atoms with Crippen molar-refractivity contribution >= 4 is 5.97 Å². The Morgan fingerprint density at radius 3 is 2.80 bits per heavy atom. The Labute approximate surface area is 87.4 Å². The van der Waals surface area contributed by atoms with Gasteiger partial charge in [-0.25, -0.2) is 0 Å². The average Bonchev–Trinajstić information content (AvgIpc) is 2.67. The van der Waals surface area contributed by atoms with E-state index in [-0.39, 0.29) is 12.5 Å². The summed E-state index contributed by atoms with van der Waals surface area (Å²) in [5.41, 5.74) is 0.922. The maximum atomic E-state index is 10.5. The zero-order valence-corrected chi connectivity index (χ0v) is 8.13. The SMILES string of the molecule is O=C(O)C[C@H]1CO[C@H](c2ccccc2)O1. The monoisotopic (exact) mass is 208 g/mol. The van der Waals surface area contributed by atoms with Crippen molar-refractivity contribution < 1.29 is 19.4 Å². The van der Waals surface area contributed by atoms with Crippen molar-refractivity contribution in [1.82, 2.24) is 0 Å². The molecule has 2 atom stereocenters. The summed E-state index contributed by atoms with van der Waals surface area (Å²) in [6.07, 6.45) is -0.771. The lowest BCUT2D eigenvalue weighted by Crippen LogP contribution is -2.15. The minimum absolute atomic E-state index is 0.0106. The van der Waals surface area contributed by atoms with Crippen LogP contribution in [0.1, 0.15) is 18.3 Å². The van der Waals surface area contributed by atoms with Gasteiger partial charge in [0.25, 0.3) is 0 Å². The maximum Gasteiger partial charge on any atom is 0.306 e. The van der Waals surface area contributed by atoms with Crippen molar-refractivity contribution in [3.8, 4) is 0 Å². The molecule has 1 aromatic rings. The largest absolute Gasteiger partial charge is 0.481 e. The Balaban J connectivity index is 1.96. The van der Waals surface area contributed by atoms with E-state index >= 15 is 0 Å². The summed E-state index contributed by atoms with van der Waals surface area (Å²) in [7, 11) is 0. The Morgan fingerprint density at radius 1 is 1.40 bits per heavy atom. The number of benzene rings is 1. The van der Waals surface area contributed by atoms with Crippen molar-refractivity contribution in [3.05, 3.63) is 35.9 Å². The summed E-state index contributed by atoms with van der Waals surface area (Å²) in [6.45, 7) is 0.339. The van der Waals surface area contributed by atoms with E-state index in [4.69, 9.17) is 14.6 Å². The number of aliphatic carboxylic acids is 1. The van der Waals surface area contributed by atoms with Crippen molar-refractivity contribution in [2.75, 3.05) is 6.61 Å². The molecule has 1 aromatic carbocycles. The van der Waals surface area contributed by atoms with Crippen molar-refractivity contribution in [2.24, 2.45) is 0 Å². The van der Waals surface area contributed by atoms with Gasteiger partial charge in [0.2, 0.25) is 0 Å². The highest BCUT2D eigenvalue weighted by atomic mass is 16.7. The number of hydrogen-bond acceptors (Lipinski definition) is 3. The van der Waals surface area contributed by atoms with E-state index in [9.17, 15) is 4.79 Å². The highest BCUT2D eigenvalue weighted by Gasteiger charge is 2.28. The summed E-state index contributed by atoms with van der Waals surface area (Å²) in [5.74, 6) is -0.864. The summed E-state index contributed by atoms with van der Waals surface area (Å²) in [4.78, 5) is 10.5. The second-order valence-electron chi connectivity index (χ2n) is 3.43. The molecule has 4 nitrogen and oxygen atoms in total. The van der Waals surface area contributed by atoms with Gasteiger partial charge in [-0.2, -0.15) is 0 Å². The minimum atomic E-state index is -0.864. The first-order valence-corrected chi connectivity index (χ1v) is 4.79. The highest BCUT2D eigenvalue weighted by Crippen LogP contribution is 2.27. The highest BCUT2D eigenvalue weighted by molar-refractivity contribution is 5.67. The standard InChI is InChI=1S/C11H12O4/c12-10(13)6-9-7-14-11(15-9)8-4-2-1-3-5-8/h1-5,9,11H,6-7H2,(H,12,13)/t9-,11-/m0/s1. The van der Waals surface area contributed by atoms with E-state index in [0.717, 1.165) is 5.56 Å². The summed E-state index contributed by atoms with van der Waals surface area (Å²) < 4.78 is 10.8. The van der Waals surface area contributed by atoms with E-state index in [1.807, 2.05) is 30.3 Å². The zero-order chi connectivity index (χ0) is 10.7. The molecule has 0 spiro atoms. The Kier molecular flexibility index (Phi) is 2.99. The van der Waals surface area contributed by atoms with Crippen molar-refractivity contribution in [2.45, 2.75) is 18.8 Å². The first kappa shape index (κ1) is 10.1. The summed E-state index contributed by atoms with van der Waals surface area (Å²) >= 11 is 0. The van der Waals surface area contributed by atoms with Gasteiger partial charge in [-0.15, -0.1) is 0 Å². The first-order valence-electron chi connectivity index (χ1n) is 4.79. The van der Waals surface area contributed by atoms with Crippen molar-refractivity contribution in [3.63, 3.8) is 0 Å². The van der Waals surface area contributed by atoms with Gasteiger partial charge < -0.3 is 14.6 Å². The van der Waals surface area contributed by atoms with Crippen LogP contribution in [0.25, 0.3) is 0 Å². The van der Waals surface area contributed by atoms with Crippen LogP contribution >= 0.6 is 0 Å². The molecule has 0 aromatic heterocycles. The van der Waals surface area contributed by atoms with E-state index in [2.05, 4.69) is 0 Å². The van der Waals surface area contributed by atoms with Gasteiger partial charge in [0, 0.05) is 5.56 Å². The fourth-order valence-corrected chi connectivity index (χ4v) is 1.53. The number of carbonyl (C=O) groups is 1. The summed E-state index contributed by atoms with van der Waals surface area (Å²) in [6, 6.07) is 9.49. The van der Waals surface area contributed by atoms with Gasteiger partial charge in [-0.1, -0.05) is 30.3 Å². The summed E-state index contributed by atoms with van der Waals surface area (Å²) in [5, 5.41) is 8.60. The Bertz CT molecular complexity index is 336. The van der Waals surface area contributed by atoms with Gasteiger partial charge in [0.1, 0.15) is 0 Å². The fraction of sp³-hybridized carbons (Fsp3) is 0.364. The Morgan fingerprint density at radius 2 is 2.13 bits per heavy atom. The average molecular weight is 208 g/mol. The molecular formula is C11H12O4. The van der Waals surface area contributed by atoms with Crippen LogP contribution in [0.3, 0.4) is 0 Å². The van der Waals surface area contributed by atoms with Crippen LogP contribution in [-0.4, -0.2) is 23.8 Å². The van der Waals surface area contributed by atoms with Crippen LogP contribution in [0.4, 0.5) is 0 Å². The molecule has 0 amide bonds. The van der Waals surface area contributed by atoms with Crippen LogP contribution < -0.4 is 0 Å². The molecule has 0 saturated carbocycles. The predicted molar refractivity (Wildman–Crippen MR) is 52.3 cm³/mol. The molecule has 1 fully saturated rings. The third-order valence-electron chi connectivity index (χ3n) is 2.22. The maximum absolute atomic E-state index is 10.5. The van der Waals surface area contributed by atoms with Gasteiger partial charge in [-0.3, -0.25) is 4.79 Å². The minimum Gasteiger partial charge on any atom is -0.481 e. The molecule has 0 bridgehead atoms. The number of carboxylic acid groups (broad SMARTS) is 1. The van der Waals surface area contributed by atoms with Crippen molar-refractivity contribution in [1.29, 1.82) is 0 Å². The molecule has 1 aliphatic heterocycles. The molecule has 1 aliphatic rings. The zero-order valence-electron chi connectivity index (χ0n) is 8.13. The topological polar surface area (TPSA) is 55.8 Å². The quantitative estimate of drug-likeness (QED) is 0.819. The second kappa shape index (κ2) is 4.42. The van der Waals surface area contributed by atoms with Gasteiger partial charge >= 0.3 is 5.97 Å². The molecule has 0 aliphatic carbocycles. The number of carboxylic acids is 1. The number of ether oxygens (including phenoxy) is 2. The lowest BCUT2D eigenvalue weighted by molar-refractivity contribution is -0.140. The first-order chi connectivity index (χ1) is 7.25. The normalized spacial score (nSPS) is 25.3. The fourth-order valence-electron chi connectivity index (χ4n) is 1.53.